The molecular formula is C14H9F3N2S. The Balaban J connectivity index is 2.24. The molecule has 0 aliphatic rings. The number of hydrogen-bond acceptors (Lipinski definition) is 3. The Hall–Kier alpha value is -2.13. The van der Waals surface area contributed by atoms with Gasteiger partial charge in [-0.05, 0) is 35.9 Å². The number of anilines is 1. The zero-order valence-electron chi connectivity index (χ0n) is 10.2. The zero-order valence-corrected chi connectivity index (χ0v) is 11.0. The molecule has 0 spiro atoms. The van der Waals surface area contributed by atoms with Crippen LogP contribution in [0.25, 0.3) is 0 Å². The van der Waals surface area contributed by atoms with E-state index in [0.29, 0.717) is 5.56 Å². The molecule has 6 heteroatoms. The van der Waals surface area contributed by atoms with Crippen LogP contribution in [0.15, 0.2) is 35.2 Å². The molecule has 2 N–H and O–H groups in total. The lowest BCUT2D eigenvalue weighted by molar-refractivity contribution is 0.541. The molecule has 0 aliphatic carbocycles. The molecule has 2 rings (SSSR count). The molecule has 20 heavy (non-hydrogen) atoms. The van der Waals surface area contributed by atoms with Gasteiger partial charge in [0.1, 0.15) is 17.5 Å². The standard InChI is InChI=1S/C14H9F3N2S/c15-11-2-1-8(6-18)3-9(11)7-20-14-12(16)4-10(19)5-13(14)17/h1-5H,7,19H2. The van der Waals surface area contributed by atoms with Gasteiger partial charge >= 0.3 is 0 Å². The highest BCUT2D eigenvalue weighted by Gasteiger charge is 2.12. The topological polar surface area (TPSA) is 49.8 Å². The lowest BCUT2D eigenvalue weighted by atomic mass is 10.1. The van der Waals surface area contributed by atoms with Crippen LogP contribution in [-0.4, -0.2) is 0 Å². The van der Waals surface area contributed by atoms with Crippen molar-refractivity contribution in [3.05, 3.63) is 58.9 Å². The number of thioether (sulfide) groups is 1. The number of nitriles is 1. The van der Waals surface area contributed by atoms with Crippen LogP contribution in [0.2, 0.25) is 0 Å². The molecule has 0 heterocycles. The average molecular weight is 294 g/mol. The highest BCUT2D eigenvalue weighted by Crippen LogP contribution is 2.30. The maximum atomic E-state index is 13.6. The monoisotopic (exact) mass is 294 g/mol. The molecule has 0 unspecified atom stereocenters. The van der Waals surface area contributed by atoms with Crippen LogP contribution in [-0.2, 0) is 5.75 Å². The normalized spacial score (nSPS) is 10.3. The predicted octanol–water partition coefficient (Wildman–Crippen LogP) is 3.85. The van der Waals surface area contributed by atoms with Crippen LogP contribution >= 0.6 is 11.8 Å². The highest BCUT2D eigenvalue weighted by molar-refractivity contribution is 7.98. The molecule has 0 aliphatic heterocycles. The Labute approximate surface area is 118 Å². The van der Waals surface area contributed by atoms with E-state index >= 15 is 0 Å². The Bertz CT molecular complexity index is 672. The summed E-state index contributed by atoms with van der Waals surface area (Å²) in [7, 11) is 0. The summed E-state index contributed by atoms with van der Waals surface area (Å²) in [6.07, 6.45) is 0. The van der Waals surface area contributed by atoms with Gasteiger partial charge in [0, 0.05) is 11.4 Å². The summed E-state index contributed by atoms with van der Waals surface area (Å²) < 4.78 is 40.7. The molecule has 2 aromatic rings. The number of nitrogens with two attached hydrogens (primary N) is 1. The third kappa shape index (κ3) is 3.06. The SMILES string of the molecule is N#Cc1ccc(F)c(CSc2c(F)cc(N)cc2F)c1. The van der Waals surface area contributed by atoms with E-state index in [1.807, 2.05) is 6.07 Å². The molecular weight excluding hydrogens is 285 g/mol. The maximum Gasteiger partial charge on any atom is 0.141 e. The van der Waals surface area contributed by atoms with Crippen LogP contribution in [0.1, 0.15) is 11.1 Å². The van der Waals surface area contributed by atoms with E-state index < -0.39 is 17.5 Å². The molecule has 2 nitrogen and oxygen atoms in total. The largest absolute Gasteiger partial charge is 0.399 e. The summed E-state index contributed by atoms with van der Waals surface area (Å²) >= 11 is 0.814. The number of benzene rings is 2. The van der Waals surface area contributed by atoms with Crippen LogP contribution in [0.5, 0.6) is 0 Å². The first-order chi connectivity index (χ1) is 9.51. The van der Waals surface area contributed by atoms with E-state index in [-0.39, 0.29) is 21.9 Å². The first-order valence-corrected chi connectivity index (χ1v) is 6.55. The van der Waals surface area contributed by atoms with Gasteiger partial charge in [-0.25, -0.2) is 13.2 Å². The minimum Gasteiger partial charge on any atom is -0.399 e. The van der Waals surface area contributed by atoms with Crippen molar-refractivity contribution in [2.75, 3.05) is 5.73 Å². The number of hydrogen-bond donors (Lipinski definition) is 1. The molecule has 102 valence electrons. The Morgan fingerprint density at radius 3 is 2.30 bits per heavy atom. The van der Waals surface area contributed by atoms with E-state index in [0.717, 1.165) is 30.0 Å². The Kier molecular flexibility index (Phi) is 4.20. The molecule has 2 aromatic carbocycles. The quantitative estimate of drug-likeness (QED) is 0.691. The zero-order chi connectivity index (χ0) is 14.7. The van der Waals surface area contributed by atoms with Gasteiger partial charge in [-0.1, -0.05) is 0 Å². The van der Waals surface area contributed by atoms with Crippen molar-refractivity contribution in [1.29, 1.82) is 5.26 Å². The fourth-order valence-corrected chi connectivity index (χ4v) is 2.54. The van der Waals surface area contributed by atoms with E-state index in [1.54, 1.807) is 0 Å². The van der Waals surface area contributed by atoms with Gasteiger partial charge in [-0.2, -0.15) is 5.26 Å². The lowest BCUT2D eigenvalue weighted by Gasteiger charge is -2.07. The lowest BCUT2D eigenvalue weighted by Crippen LogP contribution is -1.95. The van der Waals surface area contributed by atoms with Gasteiger partial charge in [0.25, 0.3) is 0 Å². The first-order valence-electron chi connectivity index (χ1n) is 5.57. The average Bonchev–Trinajstić information content (AvgIpc) is 2.39. The van der Waals surface area contributed by atoms with E-state index in [1.165, 1.54) is 12.1 Å². The molecule has 0 aromatic heterocycles. The third-order valence-electron chi connectivity index (χ3n) is 2.57. The third-order valence-corrected chi connectivity index (χ3v) is 3.70. The summed E-state index contributed by atoms with van der Waals surface area (Å²) in [5, 5.41) is 8.74. The second kappa shape index (κ2) is 5.88. The van der Waals surface area contributed by atoms with Gasteiger partial charge in [0.15, 0.2) is 0 Å². The summed E-state index contributed by atoms with van der Waals surface area (Å²) in [6.45, 7) is 0. The first kappa shape index (κ1) is 14.3. The predicted molar refractivity (Wildman–Crippen MR) is 71.4 cm³/mol. The van der Waals surface area contributed by atoms with Crippen LogP contribution < -0.4 is 5.73 Å². The van der Waals surface area contributed by atoms with Crippen molar-refractivity contribution in [1.82, 2.24) is 0 Å². The van der Waals surface area contributed by atoms with Crippen molar-refractivity contribution < 1.29 is 13.2 Å². The number of nitrogens with zero attached hydrogens (tertiary/aromatic N) is 1. The van der Waals surface area contributed by atoms with Crippen LogP contribution in [0, 0.1) is 28.8 Å². The molecule has 0 amide bonds. The van der Waals surface area contributed by atoms with Crippen molar-refractivity contribution in [2.24, 2.45) is 0 Å². The molecule has 0 saturated heterocycles. The van der Waals surface area contributed by atoms with Crippen molar-refractivity contribution in [3.63, 3.8) is 0 Å². The highest BCUT2D eigenvalue weighted by atomic mass is 32.2. The maximum absolute atomic E-state index is 13.6. The van der Waals surface area contributed by atoms with Crippen molar-refractivity contribution >= 4 is 17.4 Å². The summed E-state index contributed by atoms with van der Waals surface area (Å²) in [5.74, 6) is -2.08. The van der Waals surface area contributed by atoms with E-state index in [4.69, 9.17) is 11.0 Å². The van der Waals surface area contributed by atoms with Crippen LogP contribution in [0.3, 0.4) is 0 Å². The van der Waals surface area contributed by atoms with Crippen molar-refractivity contribution in [3.8, 4) is 6.07 Å². The minimum atomic E-state index is -0.788. The summed E-state index contributed by atoms with van der Waals surface area (Å²) in [5.41, 5.74) is 5.80. The van der Waals surface area contributed by atoms with Gasteiger partial charge in [0.2, 0.25) is 0 Å². The second-order valence-corrected chi connectivity index (χ2v) is 5.01. The van der Waals surface area contributed by atoms with E-state index in [9.17, 15) is 13.2 Å². The number of nitrogen functional groups attached to an aromatic ring is 1. The van der Waals surface area contributed by atoms with Crippen LogP contribution in [0.4, 0.5) is 18.9 Å². The summed E-state index contributed by atoms with van der Waals surface area (Å²) in [4.78, 5) is -0.221. The van der Waals surface area contributed by atoms with Gasteiger partial charge in [-0.3, -0.25) is 0 Å². The minimum absolute atomic E-state index is 0.0120. The van der Waals surface area contributed by atoms with Crippen molar-refractivity contribution in [2.45, 2.75) is 10.6 Å². The molecule has 0 saturated carbocycles. The second-order valence-electron chi connectivity index (χ2n) is 4.02. The number of rotatable bonds is 3. The molecule has 0 fully saturated rings. The van der Waals surface area contributed by atoms with Gasteiger partial charge in [-0.15, -0.1) is 11.8 Å². The molecule has 0 radical (unpaired) electrons. The summed E-state index contributed by atoms with van der Waals surface area (Å²) in [6, 6.07) is 7.75. The molecule has 0 bridgehead atoms. The van der Waals surface area contributed by atoms with Gasteiger partial charge < -0.3 is 5.73 Å². The fourth-order valence-electron chi connectivity index (χ4n) is 1.62. The van der Waals surface area contributed by atoms with E-state index in [2.05, 4.69) is 0 Å². The number of halogens is 3. The Morgan fingerprint density at radius 2 is 1.70 bits per heavy atom. The van der Waals surface area contributed by atoms with Gasteiger partial charge in [0.05, 0.1) is 16.5 Å². The smallest absolute Gasteiger partial charge is 0.141 e. The molecule has 0 atom stereocenters. The fraction of sp³-hybridized carbons (Fsp3) is 0.0714. The Morgan fingerprint density at radius 1 is 1.05 bits per heavy atom.